The highest BCUT2D eigenvalue weighted by atomic mass is 16.5. The number of aliphatic hydroxyl groups excluding tert-OH is 1. The zero-order valence-corrected chi connectivity index (χ0v) is 11.2. The average Bonchev–Trinajstić information content (AvgIpc) is 2.42. The Labute approximate surface area is 113 Å². The number of benzene rings is 1. The largest absolute Gasteiger partial charge is 0.459 e. The molecule has 0 spiro atoms. The summed E-state index contributed by atoms with van der Waals surface area (Å²) in [7, 11) is 0. The molecule has 3 nitrogen and oxygen atoms in total. The van der Waals surface area contributed by atoms with Crippen LogP contribution in [0.25, 0.3) is 6.08 Å². The normalized spacial score (nSPS) is 24.0. The molecule has 0 amide bonds. The quantitative estimate of drug-likeness (QED) is 0.671. The number of carbonyl (C=O) groups excluding carboxylic acids is 1. The third-order valence-electron chi connectivity index (χ3n) is 3.42. The summed E-state index contributed by atoms with van der Waals surface area (Å²) in [5.74, 6) is -0.259. The zero-order chi connectivity index (χ0) is 13.7. The van der Waals surface area contributed by atoms with Gasteiger partial charge in [-0.25, -0.2) is 4.79 Å². The van der Waals surface area contributed by atoms with Crippen molar-refractivity contribution in [1.82, 2.24) is 0 Å². The number of aliphatic hydroxyl groups is 1. The monoisotopic (exact) mass is 260 g/mol. The molecule has 0 bridgehead atoms. The van der Waals surface area contributed by atoms with Gasteiger partial charge in [0.1, 0.15) is 6.10 Å². The van der Waals surface area contributed by atoms with Crippen LogP contribution in [-0.2, 0) is 9.53 Å². The molecule has 1 aromatic carbocycles. The predicted molar refractivity (Wildman–Crippen MR) is 74.4 cm³/mol. The summed E-state index contributed by atoms with van der Waals surface area (Å²) in [6.07, 6.45) is 4.52. The van der Waals surface area contributed by atoms with Crippen LogP contribution in [-0.4, -0.2) is 23.3 Å². The molecule has 19 heavy (non-hydrogen) atoms. The second-order valence-corrected chi connectivity index (χ2v) is 5.07. The first kappa shape index (κ1) is 13.8. The van der Waals surface area contributed by atoms with Gasteiger partial charge in [-0.3, -0.25) is 0 Å². The number of hydrogen-bond acceptors (Lipinski definition) is 3. The minimum atomic E-state index is -0.259. The van der Waals surface area contributed by atoms with Gasteiger partial charge < -0.3 is 9.84 Å². The summed E-state index contributed by atoms with van der Waals surface area (Å²) in [6.45, 7) is 1.77. The van der Waals surface area contributed by atoms with E-state index in [0.717, 1.165) is 31.2 Å². The topological polar surface area (TPSA) is 46.5 Å². The third-order valence-corrected chi connectivity index (χ3v) is 3.42. The predicted octanol–water partition coefficient (Wildman–Crippen LogP) is 2.94. The van der Waals surface area contributed by atoms with Gasteiger partial charge in [-0.05, 0) is 44.2 Å². The van der Waals surface area contributed by atoms with Gasteiger partial charge >= 0.3 is 5.97 Å². The lowest BCUT2D eigenvalue weighted by atomic mass is 9.95. The van der Waals surface area contributed by atoms with Crippen molar-refractivity contribution in [2.45, 2.75) is 44.8 Å². The summed E-state index contributed by atoms with van der Waals surface area (Å²) >= 11 is 0. The lowest BCUT2D eigenvalue weighted by Crippen LogP contribution is -2.26. The standard InChI is InChI=1S/C16H20O3/c1-12(11-13-5-3-2-4-6-13)16(18)19-15-9-7-14(17)8-10-15/h2-6,11,14-15,17H,7-10H2,1H3. The Balaban J connectivity index is 1.91. The highest BCUT2D eigenvalue weighted by Gasteiger charge is 2.22. The summed E-state index contributed by atoms with van der Waals surface area (Å²) in [5, 5.41) is 9.41. The van der Waals surface area contributed by atoms with E-state index in [-0.39, 0.29) is 18.2 Å². The lowest BCUT2D eigenvalue weighted by molar-refractivity contribution is -0.146. The van der Waals surface area contributed by atoms with Crippen LogP contribution in [0.5, 0.6) is 0 Å². The molecule has 0 heterocycles. The van der Waals surface area contributed by atoms with E-state index in [9.17, 15) is 9.90 Å². The van der Waals surface area contributed by atoms with Crippen molar-refractivity contribution in [2.24, 2.45) is 0 Å². The molecule has 102 valence electrons. The van der Waals surface area contributed by atoms with Crippen molar-refractivity contribution in [3.05, 3.63) is 41.5 Å². The van der Waals surface area contributed by atoms with Crippen molar-refractivity contribution in [3.8, 4) is 0 Å². The number of ether oxygens (including phenoxy) is 1. The minimum absolute atomic E-state index is 0.0463. The Kier molecular flexibility index (Phi) is 4.74. The fourth-order valence-electron chi connectivity index (χ4n) is 2.27. The second kappa shape index (κ2) is 6.53. The molecule has 1 aromatic rings. The van der Waals surface area contributed by atoms with E-state index < -0.39 is 0 Å². The van der Waals surface area contributed by atoms with Crippen LogP contribution in [0.3, 0.4) is 0 Å². The van der Waals surface area contributed by atoms with Crippen molar-refractivity contribution >= 4 is 12.0 Å². The van der Waals surface area contributed by atoms with E-state index in [2.05, 4.69) is 0 Å². The second-order valence-electron chi connectivity index (χ2n) is 5.07. The number of hydrogen-bond donors (Lipinski definition) is 1. The van der Waals surface area contributed by atoms with Gasteiger partial charge in [0, 0.05) is 5.57 Å². The van der Waals surface area contributed by atoms with Crippen LogP contribution in [0.2, 0.25) is 0 Å². The summed E-state index contributed by atoms with van der Waals surface area (Å²) in [4.78, 5) is 11.9. The van der Waals surface area contributed by atoms with Crippen molar-refractivity contribution in [3.63, 3.8) is 0 Å². The molecule has 1 fully saturated rings. The summed E-state index contributed by atoms with van der Waals surface area (Å²) < 4.78 is 5.46. The van der Waals surface area contributed by atoms with Crippen LogP contribution in [0.15, 0.2) is 35.9 Å². The molecule has 2 rings (SSSR count). The van der Waals surface area contributed by atoms with Gasteiger partial charge in [-0.15, -0.1) is 0 Å². The highest BCUT2D eigenvalue weighted by molar-refractivity contribution is 5.93. The molecule has 0 aliphatic heterocycles. The SMILES string of the molecule is CC(=Cc1ccccc1)C(=O)OC1CCC(O)CC1. The molecule has 3 heteroatoms. The number of carbonyl (C=O) groups is 1. The molecule has 0 unspecified atom stereocenters. The highest BCUT2D eigenvalue weighted by Crippen LogP contribution is 2.22. The Morgan fingerprint density at radius 1 is 1.21 bits per heavy atom. The number of rotatable bonds is 3. The van der Waals surface area contributed by atoms with E-state index in [1.165, 1.54) is 0 Å². The Hall–Kier alpha value is -1.61. The fourth-order valence-corrected chi connectivity index (χ4v) is 2.27. The number of esters is 1. The third kappa shape index (κ3) is 4.21. The fraction of sp³-hybridized carbons (Fsp3) is 0.438. The van der Waals surface area contributed by atoms with Crippen LogP contribution in [0, 0.1) is 0 Å². The first-order chi connectivity index (χ1) is 9.15. The summed E-state index contributed by atoms with van der Waals surface area (Å²) in [5.41, 5.74) is 1.60. The van der Waals surface area contributed by atoms with Gasteiger partial charge in [-0.1, -0.05) is 30.3 Å². The molecule has 0 atom stereocenters. The molecule has 1 N–H and O–H groups in total. The van der Waals surface area contributed by atoms with Crippen molar-refractivity contribution in [1.29, 1.82) is 0 Å². The van der Waals surface area contributed by atoms with Crippen LogP contribution in [0.4, 0.5) is 0 Å². The molecule has 0 radical (unpaired) electrons. The zero-order valence-electron chi connectivity index (χ0n) is 11.2. The maximum absolute atomic E-state index is 11.9. The molecule has 1 aliphatic carbocycles. The van der Waals surface area contributed by atoms with Crippen LogP contribution in [0.1, 0.15) is 38.2 Å². The maximum Gasteiger partial charge on any atom is 0.334 e. The molecule has 1 aliphatic rings. The first-order valence-corrected chi connectivity index (χ1v) is 6.77. The Morgan fingerprint density at radius 3 is 2.47 bits per heavy atom. The van der Waals surface area contributed by atoms with Crippen LogP contribution < -0.4 is 0 Å². The Bertz CT molecular complexity index is 442. The molecule has 1 saturated carbocycles. The van der Waals surface area contributed by atoms with Gasteiger partial charge in [0.2, 0.25) is 0 Å². The van der Waals surface area contributed by atoms with E-state index >= 15 is 0 Å². The average molecular weight is 260 g/mol. The Morgan fingerprint density at radius 2 is 1.84 bits per heavy atom. The van der Waals surface area contributed by atoms with Gasteiger partial charge in [0.25, 0.3) is 0 Å². The van der Waals surface area contributed by atoms with Gasteiger partial charge in [0.15, 0.2) is 0 Å². The van der Waals surface area contributed by atoms with E-state index in [1.807, 2.05) is 36.4 Å². The van der Waals surface area contributed by atoms with Gasteiger partial charge in [-0.2, -0.15) is 0 Å². The smallest absolute Gasteiger partial charge is 0.334 e. The minimum Gasteiger partial charge on any atom is -0.459 e. The first-order valence-electron chi connectivity index (χ1n) is 6.77. The van der Waals surface area contributed by atoms with E-state index in [4.69, 9.17) is 4.74 Å². The molecular formula is C16H20O3. The van der Waals surface area contributed by atoms with Gasteiger partial charge in [0.05, 0.1) is 6.10 Å². The van der Waals surface area contributed by atoms with E-state index in [0.29, 0.717) is 5.57 Å². The van der Waals surface area contributed by atoms with E-state index in [1.54, 1.807) is 6.92 Å². The lowest BCUT2D eigenvalue weighted by Gasteiger charge is -2.25. The molecule has 0 aromatic heterocycles. The maximum atomic E-state index is 11.9. The van der Waals surface area contributed by atoms with Crippen molar-refractivity contribution < 1.29 is 14.6 Å². The molecular weight excluding hydrogens is 240 g/mol. The van der Waals surface area contributed by atoms with Crippen LogP contribution >= 0.6 is 0 Å². The molecule has 0 saturated heterocycles. The summed E-state index contributed by atoms with van der Waals surface area (Å²) in [6, 6.07) is 9.72. The van der Waals surface area contributed by atoms with Crippen molar-refractivity contribution in [2.75, 3.05) is 0 Å².